The van der Waals surface area contributed by atoms with Gasteiger partial charge in [0.25, 0.3) is 0 Å². The molecule has 0 aliphatic heterocycles. The highest BCUT2D eigenvalue weighted by molar-refractivity contribution is 7.07. The van der Waals surface area contributed by atoms with Crippen molar-refractivity contribution in [3.8, 4) is 0 Å². The molecule has 0 aliphatic rings. The van der Waals surface area contributed by atoms with Crippen molar-refractivity contribution >= 4 is 17.2 Å². The van der Waals surface area contributed by atoms with Crippen molar-refractivity contribution in [1.82, 2.24) is 10.2 Å². The van der Waals surface area contributed by atoms with E-state index in [2.05, 4.69) is 16.8 Å². The number of hydrogen-bond acceptors (Lipinski definition) is 4. The average molecular weight is 255 g/mol. The smallest absolute Gasteiger partial charge is 0.234 e. The third kappa shape index (κ3) is 4.11. The van der Waals surface area contributed by atoms with Gasteiger partial charge in [0, 0.05) is 12.6 Å². The van der Waals surface area contributed by atoms with Crippen molar-refractivity contribution in [1.29, 1.82) is 0 Å². The van der Waals surface area contributed by atoms with Gasteiger partial charge in [0.05, 0.1) is 12.6 Å². The van der Waals surface area contributed by atoms with E-state index in [4.69, 9.17) is 5.73 Å². The van der Waals surface area contributed by atoms with Gasteiger partial charge >= 0.3 is 0 Å². The Morgan fingerprint density at radius 3 is 2.82 bits per heavy atom. The summed E-state index contributed by atoms with van der Waals surface area (Å²) < 4.78 is 0. The predicted octanol–water partition coefficient (Wildman–Crippen LogP) is 1.20. The van der Waals surface area contributed by atoms with Gasteiger partial charge in [-0.2, -0.15) is 11.3 Å². The van der Waals surface area contributed by atoms with Crippen LogP contribution in [0.3, 0.4) is 0 Å². The quantitative estimate of drug-likeness (QED) is 0.803. The molecule has 0 aliphatic carbocycles. The van der Waals surface area contributed by atoms with Gasteiger partial charge in [0.2, 0.25) is 5.91 Å². The molecule has 1 aromatic rings. The minimum Gasteiger partial charge on any atom is -0.355 e. The van der Waals surface area contributed by atoms with Gasteiger partial charge < -0.3 is 11.1 Å². The Kier molecular flexibility index (Phi) is 5.61. The SMILES string of the molecule is CCNC(=O)CN(C)C(c1ccsc1)C(C)N. The summed E-state index contributed by atoms with van der Waals surface area (Å²) in [5.41, 5.74) is 7.19. The molecular weight excluding hydrogens is 234 g/mol. The molecule has 0 bridgehead atoms. The maximum absolute atomic E-state index is 11.6. The molecule has 17 heavy (non-hydrogen) atoms. The van der Waals surface area contributed by atoms with Gasteiger partial charge in [-0.05, 0) is 43.3 Å². The molecule has 1 heterocycles. The monoisotopic (exact) mass is 255 g/mol. The Hall–Kier alpha value is -0.910. The Bertz CT molecular complexity index is 338. The Morgan fingerprint density at radius 2 is 2.35 bits per heavy atom. The molecule has 0 radical (unpaired) electrons. The summed E-state index contributed by atoms with van der Waals surface area (Å²) in [5, 5.41) is 6.91. The number of nitrogens with two attached hydrogens (primary N) is 1. The first-order valence-corrected chi connectivity index (χ1v) is 6.75. The number of carbonyl (C=O) groups excluding carboxylic acids is 1. The molecular formula is C12H21N3OS. The lowest BCUT2D eigenvalue weighted by Crippen LogP contribution is -2.42. The summed E-state index contributed by atoms with van der Waals surface area (Å²) >= 11 is 1.65. The highest BCUT2D eigenvalue weighted by atomic mass is 32.1. The van der Waals surface area contributed by atoms with Crippen LogP contribution in [-0.4, -0.2) is 37.0 Å². The van der Waals surface area contributed by atoms with Gasteiger partial charge in [-0.1, -0.05) is 0 Å². The molecule has 0 aromatic carbocycles. The number of nitrogens with one attached hydrogen (secondary N) is 1. The van der Waals surface area contributed by atoms with E-state index in [0.29, 0.717) is 13.1 Å². The van der Waals surface area contributed by atoms with Gasteiger partial charge in [0.1, 0.15) is 0 Å². The lowest BCUT2D eigenvalue weighted by Gasteiger charge is -2.30. The van der Waals surface area contributed by atoms with Crippen LogP contribution in [0.4, 0.5) is 0 Å². The van der Waals surface area contributed by atoms with Crippen molar-refractivity contribution < 1.29 is 4.79 Å². The van der Waals surface area contributed by atoms with Crippen molar-refractivity contribution in [3.05, 3.63) is 22.4 Å². The second kappa shape index (κ2) is 6.74. The summed E-state index contributed by atoms with van der Waals surface area (Å²) in [6.45, 7) is 4.92. The van der Waals surface area contributed by atoms with Crippen LogP contribution in [0.25, 0.3) is 0 Å². The number of thiophene rings is 1. The fraction of sp³-hybridized carbons (Fsp3) is 0.583. The standard InChI is InChI=1S/C12H21N3OS/c1-4-14-11(16)7-15(3)12(9(2)13)10-5-6-17-8-10/h5-6,8-9,12H,4,7,13H2,1-3H3,(H,14,16). The van der Waals surface area contributed by atoms with E-state index >= 15 is 0 Å². The van der Waals surface area contributed by atoms with Crippen molar-refractivity contribution in [2.75, 3.05) is 20.1 Å². The highest BCUT2D eigenvalue weighted by Crippen LogP contribution is 2.23. The second-order valence-electron chi connectivity index (χ2n) is 4.23. The van der Waals surface area contributed by atoms with Gasteiger partial charge in [-0.15, -0.1) is 0 Å². The largest absolute Gasteiger partial charge is 0.355 e. The van der Waals surface area contributed by atoms with Crippen LogP contribution in [0.15, 0.2) is 16.8 Å². The van der Waals surface area contributed by atoms with Gasteiger partial charge in [0.15, 0.2) is 0 Å². The second-order valence-corrected chi connectivity index (χ2v) is 5.01. The summed E-state index contributed by atoms with van der Waals surface area (Å²) in [7, 11) is 1.93. The van der Waals surface area contributed by atoms with Crippen LogP contribution in [0.2, 0.25) is 0 Å². The lowest BCUT2D eigenvalue weighted by atomic mass is 10.0. The molecule has 96 valence electrons. The van der Waals surface area contributed by atoms with Crippen LogP contribution in [0.1, 0.15) is 25.5 Å². The normalized spacial score (nSPS) is 14.6. The zero-order valence-corrected chi connectivity index (χ0v) is 11.5. The topological polar surface area (TPSA) is 58.4 Å². The Balaban J connectivity index is 2.68. The molecule has 0 spiro atoms. The lowest BCUT2D eigenvalue weighted by molar-refractivity contribution is -0.122. The van der Waals surface area contributed by atoms with Gasteiger partial charge in [-0.25, -0.2) is 0 Å². The first-order valence-electron chi connectivity index (χ1n) is 5.80. The number of carbonyl (C=O) groups is 1. The van der Waals surface area contributed by atoms with E-state index in [-0.39, 0.29) is 18.0 Å². The minimum atomic E-state index is -0.0102. The number of hydrogen-bond donors (Lipinski definition) is 2. The molecule has 5 heteroatoms. The highest BCUT2D eigenvalue weighted by Gasteiger charge is 2.22. The summed E-state index contributed by atoms with van der Waals surface area (Å²) in [6, 6.07) is 2.14. The predicted molar refractivity (Wildman–Crippen MR) is 72.0 cm³/mol. The molecule has 1 rings (SSSR count). The molecule has 0 saturated carbocycles. The Labute approximate surface area is 107 Å². The van der Waals surface area contributed by atoms with Crippen LogP contribution >= 0.6 is 11.3 Å². The zero-order valence-electron chi connectivity index (χ0n) is 10.6. The van der Waals surface area contributed by atoms with Gasteiger partial charge in [-0.3, -0.25) is 9.69 Å². The summed E-state index contributed by atoms with van der Waals surface area (Å²) in [6.07, 6.45) is 0. The number of likely N-dealkylation sites (N-methyl/N-ethyl adjacent to an activating group) is 2. The third-order valence-electron chi connectivity index (χ3n) is 2.62. The zero-order chi connectivity index (χ0) is 12.8. The fourth-order valence-corrected chi connectivity index (χ4v) is 2.67. The Morgan fingerprint density at radius 1 is 1.65 bits per heavy atom. The first kappa shape index (κ1) is 14.2. The average Bonchev–Trinajstić information content (AvgIpc) is 2.70. The molecule has 0 saturated heterocycles. The molecule has 0 fully saturated rings. The van der Waals surface area contributed by atoms with Crippen LogP contribution in [0.5, 0.6) is 0 Å². The summed E-state index contributed by atoms with van der Waals surface area (Å²) in [5.74, 6) is 0.0379. The molecule has 1 amide bonds. The number of nitrogens with zero attached hydrogens (tertiary/aromatic N) is 1. The number of rotatable bonds is 6. The van der Waals surface area contributed by atoms with Crippen LogP contribution in [-0.2, 0) is 4.79 Å². The van der Waals surface area contributed by atoms with E-state index in [1.54, 1.807) is 11.3 Å². The van der Waals surface area contributed by atoms with Crippen molar-refractivity contribution in [3.63, 3.8) is 0 Å². The van der Waals surface area contributed by atoms with E-state index < -0.39 is 0 Å². The third-order valence-corrected chi connectivity index (χ3v) is 3.33. The minimum absolute atomic E-state index is 0.0102. The van der Waals surface area contributed by atoms with E-state index in [1.807, 2.05) is 31.2 Å². The van der Waals surface area contributed by atoms with Crippen molar-refractivity contribution in [2.24, 2.45) is 5.73 Å². The van der Waals surface area contributed by atoms with E-state index in [9.17, 15) is 4.79 Å². The maximum Gasteiger partial charge on any atom is 0.234 e. The van der Waals surface area contributed by atoms with E-state index in [1.165, 1.54) is 5.56 Å². The maximum atomic E-state index is 11.6. The van der Waals surface area contributed by atoms with E-state index in [0.717, 1.165) is 0 Å². The summed E-state index contributed by atoms with van der Waals surface area (Å²) in [4.78, 5) is 13.6. The molecule has 2 atom stereocenters. The van der Waals surface area contributed by atoms with Crippen LogP contribution < -0.4 is 11.1 Å². The molecule has 1 aromatic heterocycles. The molecule has 2 unspecified atom stereocenters. The first-order chi connectivity index (χ1) is 8.06. The van der Waals surface area contributed by atoms with Crippen molar-refractivity contribution in [2.45, 2.75) is 25.9 Å². The van der Waals surface area contributed by atoms with Crippen LogP contribution in [0, 0.1) is 0 Å². The fourth-order valence-electron chi connectivity index (χ4n) is 1.98. The molecule has 3 N–H and O–H groups in total. The number of amides is 1. The molecule has 4 nitrogen and oxygen atoms in total.